The van der Waals surface area contributed by atoms with Crippen molar-refractivity contribution in [1.82, 2.24) is 0 Å². The monoisotopic (exact) mass is 239 g/mol. The van der Waals surface area contributed by atoms with Crippen LogP contribution in [0.2, 0.25) is 0 Å². The second-order valence-corrected chi connectivity index (χ2v) is 4.92. The summed E-state index contributed by atoms with van der Waals surface area (Å²) in [6.07, 6.45) is 1.16. The molecule has 0 saturated heterocycles. The molecular formula is C12H17NS2. The molecule has 0 heterocycles. The number of thiocarbonyl (C=S) groups is 1. The maximum Gasteiger partial charge on any atom is 0.140 e. The van der Waals surface area contributed by atoms with Gasteiger partial charge in [0, 0.05) is 12.2 Å². The van der Waals surface area contributed by atoms with Gasteiger partial charge in [-0.3, -0.25) is 0 Å². The van der Waals surface area contributed by atoms with Crippen LogP contribution in [-0.2, 0) is 0 Å². The van der Waals surface area contributed by atoms with E-state index in [1.165, 1.54) is 5.69 Å². The molecule has 0 aromatic heterocycles. The van der Waals surface area contributed by atoms with Gasteiger partial charge < -0.3 is 4.90 Å². The van der Waals surface area contributed by atoms with Crippen LogP contribution in [0.1, 0.15) is 20.3 Å². The first-order valence-electron chi connectivity index (χ1n) is 5.29. The Morgan fingerprint density at radius 2 is 1.93 bits per heavy atom. The number of hydrogen-bond acceptors (Lipinski definition) is 2. The third kappa shape index (κ3) is 3.84. The zero-order chi connectivity index (χ0) is 11.1. The summed E-state index contributed by atoms with van der Waals surface area (Å²) in [6.45, 7) is 5.24. The molecule has 0 spiro atoms. The average Bonchev–Trinajstić information content (AvgIpc) is 2.29. The minimum atomic E-state index is 0.930. The summed E-state index contributed by atoms with van der Waals surface area (Å²) in [5.74, 6) is 1.10. The highest BCUT2D eigenvalue weighted by Crippen LogP contribution is 2.19. The second-order valence-electron chi connectivity index (χ2n) is 3.19. The minimum Gasteiger partial charge on any atom is -0.328 e. The van der Waals surface area contributed by atoms with Gasteiger partial charge in [0.25, 0.3) is 0 Å². The van der Waals surface area contributed by atoms with E-state index < -0.39 is 0 Å². The van der Waals surface area contributed by atoms with Crippen LogP contribution in [0.5, 0.6) is 0 Å². The van der Waals surface area contributed by atoms with Gasteiger partial charge in [-0.1, -0.05) is 49.1 Å². The van der Waals surface area contributed by atoms with E-state index in [2.05, 4.69) is 30.9 Å². The number of nitrogens with zero attached hydrogens (tertiary/aromatic N) is 1. The lowest BCUT2D eigenvalue weighted by Crippen LogP contribution is -2.26. The van der Waals surface area contributed by atoms with Gasteiger partial charge in [0.2, 0.25) is 0 Å². The first-order valence-corrected chi connectivity index (χ1v) is 6.68. The lowest BCUT2D eigenvalue weighted by Gasteiger charge is -2.22. The van der Waals surface area contributed by atoms with Crippen molar-refractivity contribution in [3.8, 4) is 0 Å². The molecule has 3 heteroatoms. The number of benzene rings is 1. The van der Waals surface area contributed by atoms with Gasteiger partial charge in [0.15, 0.2) is 0 Å². The second kappa shape index (κ2) is 6.85. The van der Waals surface area contributed by atoms with Crippen LogP contribution in [0, 0.1) is 0 Å². The summed E-state index contributed by atoms with van der Waals surface area (Å²) < 4.78 is 0.977. The van der Waals surface area contributed by atoms with E-state index in [-0.39, 0.29) is 0 Å². The lowest BCUT2D eigenvalue weighted by molar-refractivity contribution is 1.08. The van der Waals surface area contributed by atoms with Crippen molar-refractivity contribution in [2.45, 2.75) is 20.3 Å². The van der Waals surface area contributed by atoms with E-state index in [9.17, 15) is 0 Å². The molecule has 0 radical (unpaired) electrons. The van der Waals surface area contributed by atoms with Gasteiger partial charge in [-0.15, -0.1) is 0 Å². The summed E-state index contributed by atoms with van der Waals surface area (Å²) in [6, 6.07) is 10.3. The number of anilines is 1. The molecule has 1 nitrogen and oxygen atoms in total. The third-order valence-corrected chi connectivity index (χ3v) is 3.69. The normalized spacial score (nSPS) is 10.0. The molecular weight excluding hydrogens is 222 g/mol. The van der Waals surface area contributed by atoms with Crippen molar-refractivity contribution >= 4 is 34.0 Å². The van der Waals surface area contributed by atoms with Crippen molar-refractivity contribution in [2.75, 3.05) is 17.2 Å². The molecule has 0 aliphatic carbocycles. The fourth-order valence-corrected chi connectivity index (χ4v) is 2.55. The van der Waals surface area contributed by atoms with E-state index in [4.69, 9.17) is 12.2 Å². The van der Waals surface area contributed by atoms with E-state index in [1.54, 1.807) is 11.8 Å². The van der Waals surface area contributed by atoms with Gasteiger partial charge in [-0.05, 0) is 31.2 Å². The molecule has 0 aliphatic rings. The predicted molar refractivity (Wildman–Crippen MR) is 74.8 cm³/mol. The van der Waals surface area contributed by atoms with Gasteiger partial charge in [0.05, 0.1) is 0 Å². The van der Waals surface area contributed by atoms with Gasteiger partial charge in [-0.25, -0.2) is 0 Å². The molecule has 0 unspecified atom stereocenters. The van der Waals surface area contributed by atoms with Crippen LogP contribution in [0.15, 0.2) is 30.3 Å². The number of para-hydroxylation sites is 1. The topological polar surface area (TPSA) is 3.24 Å². The minimum absolute atomic E-state index is 0.930. The number of rotatable bonds is 4. The maximum atomic E-state index is 5.41. The zero-order valence-corrected chi connectivity index (χ0v) is 10.9. The molecule has 0 atom stereocenters. The van der Waals surface area contributed by atoms with Crippen molar-refractivity contribution in [3.05, 3.63) is 30.3 Å². The molecule has 0 aliphatic heterocycles. The predicted octanol–water partition coefficient (Wildman–Crippen LogP) is 3.94. The summed E-state index contributed by atoms with van der Waals surface area (Å²) >= 11 is 7.17. The Bertz CT molecular complexity index is 298. The fourth-order valence-electron chi connectivity index (χ4n) is 1.29. The van der Waals surface area contributed by atoms with Gasteiger partial charge >= 0.3 is 0 Å². The number of thioether (sulfide) groups is 1. The molecule has 0 bridgehead atoms. The molecule has 0 N–H and O–H groups in total. The van der Waals surface area contributed by atoms with E-state index in [0.717, 1.165) is 23.0 Å². The molecule has 0 saturated carbocycles. The molecule has 1 rings (SSSR count). The Balaban J connectivity index is 2.67. The zero-order valence-electron chi connectivity index (χ0n) is 9.27. The maximum absolute atomic E-state index is 5.41. The molecule has 0 fully saturated rings. The summed E-state index contributed by atoms with van der Waals surface area (Å²) in [5.41, 5.74) is 1.19. The Morgan fingerprint density at radius 3 is 2.47 bits per heavy atom. The first kappa shape index (κ1) is 12.5. The van der Waals surface area contributed by atoms with E-state index in [0.29, 0.717) is 0 Å². The molecule has 1 aromatic rings. The highest BCUT2D eigenvalue weighted by Gasteiger charge is 2.09. The van der Waals surface area contributed by atoms with Crippen molar-refractivity contribution < 1.29 is 0 Å². The molecule has 15 heavy (non-hydrogen) atoms. The summed E-state index contributed by atoms with van der Waals surface area (Å²) in [4.78, 5) is 2.18. The Morgan fingerprint density at radius 1 is 1.27 bits per heavy atom. The van der Waals surface area contributed by atoms with Gasteiger partial charge in [0.1, 0.15) is 4.32 Å². The van der Waals surface area contributed by atoms with Crippen LogP contribution in [0.4, 0.5) is 5.69 Å². The average molecular weight is 239 g/mol. The Kier molecular flexibility index (Phi) is 5.73. The first-order chi connectivity index (χ1) is 7.29. The molecule has 0 amide bonds. The van der Waals surface area contributed by atoms with Crippen LogP contribution in [-0.4, -0.2) is 16.6 Å². The van der Waals surface area contributed by atoms with Crippen molar-refractivity contribution in [2.24, 2.45) is 0 Å². The SMILES string of the molecule is CCCSC(=S)N(CC)c1ccccc1. The van der Waals surface area contributed by atoms with Crippen LogP contribution in [0.3, 0.4) is 0 Å². The number of hydrogen-bond donors (Lipinski definition) is 0. The quantitative estimate of drug-likeness (QED) is 0.733. The highest BCUT2D eigenvalue weighted by atomic mass is 32.2. The van der Waals surface area contributed by atoms with Crippen molar-refractivity contribution in [1.29, 1.82) is 0 Å². The Hall–Kier alpha value is -0.540. The highest BCUT2D eigenvalue weighted by molar-refractivity contribution is 8.23. The summed E-state index contributed by atoms with van der Waals surface area (Å²) in [5, 5.41) is 0. The summed E-state index contributed by atoms with van der Waals surface area (Å²) in [7, 11) is 0. The van der Waals surface area contributed by atoms with Gasteiger partial charge in [-0.2, -0.15) is 0 Å². The van der Waals surface area contributed by atoms with E-state index >= 15 is 0 Å². The smallest absolute Gasteiger partial charge is 0.140 e. The molecule has 82 valence electrons. The third-order valence-electron chi connectivity index (χ3n) is 2.03. The molecule has 1 aromatic carbocycles. The van der Waals surface area contributed by atoms with Crippen LogP contribution in [0.25, 0.3) is 0 Å². The van der Waals surface area contributed by atoms with E-state index in [1.807, 2.05) is 18.2 Å². The fraction of sp³-hybridized carbons (Fsp3) is 0.417. The largest absolute Gasteiger partial charge is 0.328 e. The lowest BCUT2D eigenvalue weighted by atomic mass is 10.3. The van der Waals surface area contributed by atoms with Crippen molar-refractivity contribution in [3.63, 3.8) is 0 Å². The van der Waals surface area contributed by atoms with Crippen LogP contribution < -0.4 is 4.90 Å². The van der Waals surface area contributed by atoms with Crippen LogP contribution >= 0.6 is 24.0 Å². The standard InChI is InChI=1S/C12H17NS2/c1-3-10-15-12(14)13(4-2)11-8-6-5-7-9-11/h5-9H,3-4,10H2,1-2H3. The Labute approximate surface area is 102 Å².